The Hall–Kier alpha value is -2.60. The van der Waals surface area contributed by atoms with Gasteiger partial charge in [-0.1, -0.05) is 54.2 Å². The van der Waals surface area contributed by atoms with Crippen LogP contribution in [0.15, 0.2) is 64.5 Å². The average Bonchev–Trinajstić information content (AvgIpc) is 3.70. The molecule has 1 atom stereocenters. The highest BCUT2D eigenvalue weighted by Gasteiger charge is 2.35. The maximum atomic E-state index is 13.3. The first-order valence-corrected chi connectivity index (χ1v) is 12.1. The SMILES string of the molecule is CC(C1CC1)N(Cc1ccccc1)C(=O)CSc1nc2ccccc2c(=O)n1C1CC1. The van der Waals surface area contributed by atoms with Crippen LogP contribution in [0.4, 0.5) is 0 Å². The minimum atomic E-state index is 0.00976. The predicted molar refractivity (Wildman–Crippen MR) is 124 cm³/mol. The first-order chi connectivity index (χ1) is 15.1. The highest BCUT2D eigenvalue weighted by molar-refractivity contribution is 7.99. The third-order valence-electron chi connectivity index (χ3n) is 6.32. The van der Waals surface area contributed by atoms with Crippen molar-refractivity contribution in [1.29, 1.82) is 0 Å². The van der Waals surface area contributed by atoms with Crippen LogP contribution in [0.1, 0.15) is 44.2 Å². The van der Waals surface area contributed by atoms with Crippen molar-refractivity contribution in [3.05, 3.63) is 70.5 Å². The third-order valence-corrected chi connectivity index (χ3v) is 7.26. The predicted octanol–water partition coefficient (Wildman–Crippen LogP) is 4.65. The minimum absolute atomic E-state index is 0.00976. The number of amides is 1. The van der Waals surface area contributed by atoms with Gasteiger partial charge in [0.1, 0.15) is 0 Å². The molecule has 2 saturated carbocycles. The van der Waals surface area contributed by atoms with Gasteiger partial charge in [-0.05, 0) is 56.2 Å². The van der Waals surface area contributed by atoms with Crippen LogP contribution in [0.3, 0.4) is 0 Å². The summed E-state index contributed by atoms with van der Waals surface area (Å²) in [5.41, 5.74) is 1.86. The highest BCUT2D eigenvalue weighted by atomic mass is 32.2. The van der Waals surface area contributed by atoms with Gasteiger partial charge in [-0.3, -0.25) is 14.2 Å². The number of nitrogens with zero attached hydrogens (tertiary/aromatic N) is 3. The molecule has 0 N–H and O–H groups in total. The summed E-state index contributed by atoms with van der Waals surface area (Å²) in [5.74, 6) is 1.00. The Morgan fingerprint density at radius 3 is 2.52 bits per heavy atom. The fraction of sp³-hybridized carbons (Fsp3) is 0.400. The summed E-state index contributed by atoms with van der Waals surface area (Å²) in [5, 5.41) is 1.32. The molecule has 1 heterocycles. The van der Waals surface area contributed by atoms with Gasteiger partial charge in [-0.2, -0.15) is 0 Å². The lowest BCUT2D eigenvalue weighted by atomic mass is 10.1. The maximum Gasteiger partial charge on any atom is 0.262 e. The summed E-state index contributed by atoms with van der Waals surface area (Å²) in [7, 11) is 0. The fourth-order valence-electron chi connectivity index (χ4n) is 4.16. The summed E-state index contributed by atoms with van der Waals surface area (Å²) in [6.45, 7) is 2.79. The Bertz CT molecular complexity index is 1150. The normalized spacial score (nSPS) is 16.9. The Kier molecular flexibility index (Phi) is 5.57. The van der Waals surface area contributed by atoms with Crippen LogP contribution in [-0.4, -0.2) is 32.2 Å². The largest absolute Gasteiger partial charge is 0.335 e. The molecule has 160 valence electrons. The highest BCUT2D eigenvalue weighted by Crippen LogP contribution is 2.38. The van der Waals surface area contributed by atoms with E-state index in [1.165, 1.54) is 24.6 Å². The molecule has 2 aromatic carbocycles. The molecule has 2 aliphatic carbocycles. The van der Waals surface area contributed by atoms with Gasteiger partial charge in [0, 0.05) is 18.6 Å². The Balaban J connectivity index is 1.38. The molecule has 5 nitrogen and oxygen atoms in total. The van der Waals surface area contributed by atoms with E-state index in [1.54, 1.807) is 0 Å². The summed E-state index contributed by atoms with van der Waals surface area (Å²) >= 11 is 1.40. The molecule has 0 spiro atoms. The van der Waals surface area contributed by atoms with Gasteiger partial charge in [0.15, 0.2) is 5.16 Å². The molecule has 1 aromatic heterocycles. The van der Waals surface area contributed by atoms with E-state index in [2.05, 4.69) is 19.1 Å². The van der Waals surface area contributed by atoms with Gasteiger partial charge in [0.25, 0.3) is 5.56 Å². The van der Waals surface area contributed by atoms with Gasteiger partial charge in [0.05, 0.1) is 16.7 Å². The number of hydrogen-bond acceptors (Lipinski definition) is 4. The van der Waals surface area contributed by atoms with Crippen LogP contribution in [0.25, 0.3) is 10.9 Å². The molecule has 6 heteroatoms. The van der Waals surface area contributed by atoms with E-state index in [9.17, 15) is 9.59 Å². The Labute approximate surface area is 186 Å². The van der Waals surface area contributed by atoms with Crippen molar-refractivity contribution in [2.75, 3.05) is 5.75 Å². The van der Waals surface area contributed by atoms with E-state index in [4.69, 9.17) is 4.98 Å². The number of para-hydroxylation sites is 1. The van der Waals surface area contributed by atoms with Gasteiger partial charge < -0.3 is 4.90 Å². The standard InChI is InChI=1S/C25H27N3O2S/c1-17(19-11-12-19)27(15-18-7-3-2-4-8-18)23(29)16-31-25-26-22-10-6-5-9-21(22)24(30)28(25)20-13-14-20/h2-10,17,19-20H,11-16H2,1H3. The lowest BCUT2D eigenvalue weighted by molar-refractivity contribution is -0.131. The fourth-order valence-corrected chi connectivity index (χ4v) is 5.12. The van der Waals surface area contributed by atoms with Crippen molar-refractivity contribution in [2.45, 2.75) is 56.4 Å². The molecule has 1 amide bonds. The molecule has 2 aliphatic rings. The number of hydrogen-bond donors (Lipinski definition) is 0. The zero-order chi connectivity index (χ0) is 21.4. The zero-order valence-electron chi connectivity index (χ0n) is 17.7. The molecule has 0 saturated heterocycles. The number of benzene rings is 2. The van der Waals surface area contributed by atoms with E-state index in [0.29, 0.717) is 34.3 Å². The number of carbonyl (C=O) groups excluding carboxylic acids is 1. The summed E-state index contributed by atoms with van der Waals surface area (Å²) < 4.78 is 1.81. The Morgan fingerprint density at radius 2 is 1.81 bits per heavy atom. The minimum Gasteiger partial charge on any atom is -0.335 e. The van der Waals surface area contributed by atoms with E-state index in [-0.39, 0.29) is 23.6 Å². The van der Waals surface area contributed by atoms with E-state index < -0.39 is 0 Å². The zero-order valence-corrected chi connectivity index (χ0v) is 18.6. The van der Waals surface area contributed by atoms with Gasteiger partial charge in [-0.25, -0.2) is 4.98 Å². The second kappa shape index (κ2) is 8.50. The molecule has 1 unspecified atom stereocenters. The van der Waals surface area contributed by atoms with E-state index in [0.717, 1.165) is 18.4 Å². The van der Waals surface area contributed by atoms with Crippen LogP contribution in [0.5, 0.6) is 0 Å². The van der Waals surface area contributed by atoms with Crippen LogP contribution in [-0.2, 0) is 11.3 Å². The van der Waals surface area contributed by atoms with Crippen molar-refractivity contribution >= 4 is 28.6 Å². The van der Waals surface area contributed by atoms with Crippen molar-refractivity contribution in [3.8, 4) is 0 Å². The number of carbonyl (C=O) groups is 1. The second-order valence-corrected chi connectivity index (χ2v) is 9.63. The topological polar surface area (TPSA) is 55.2 Å². The maximum absolute atomic E-state index is 13.3. The van der Waals surface area contributed by atoms with Crippen molar-refractivity contribution < 1.29 is 4.79 Å². The van der Waals surface area contributed by atoms with Crippen LogP contribution in [0.2, 0.25) is 0 Å². The van der Waals surface area contributed by atoms with Crippen LogP contribution >= 0.6 is 11.8 Å². The number of fused-ring (bicyclic) bond motifs is 1. The summed E-state index contributed by atoms with van der Waals surface area (Å²) in [6, 6.07) is 18.1. The second-order valence-electron chi connectivity index (χ2n) is 8.69. The first kappa shape index (κ1) is 20.3. The smallest absolute Gasteiger partial charge is 0.262 e. The van der Waals surface area contributed by atoms with E-state index in [1.807, 2.05) is 51.9 Å². The number of rotatable bonds is 8. The molecule has 0 aliphatic heterocycles. The number of thioether (sulfide) groups is 1. The van der Waals surface area contributed by atoms with Gasteiger partial charge >= 0.3 is 0 Å². The third kappa shape index (κ3) is 4.40. The van der Waals surface area contributed by atoms with E-state index >= 15 is 0 Å². The Morgan fingerprint density at radius 1 is 1.10 bits per heavy atom. The molecule has 5 rings (SSSR count). The molecule has 0 bridgehead atoms. The van der Waals surface area contributed by atoms with Gasteiger partial charge in [-0.15, -0.1) is 0 Å². The molecular formula is C25H27N3O2S. The van der Waals surface area contributed by atoms with Crippen LogP contribution in [0, 0.1) is 5.92 Å². The number of aromatic nitrogens is 2. The lowest BCUT2D eigenvalue weighted by Gasteiger charge is -2.29. The first-order valence-electron chi connectivity index (χ1n) is 11.1. The summed E-state index contributed by atoms with van der Waals surface area (Å²) in [6.07, 6.45) is 4.39. The van der Waals surface area contributed by atoms with Crippen molar-refractivity contribution in [3.63, 3.8) is 0 Å². The molecular weight excluding hydrogens is 406 g/mol. The van der Waals surface area contributed by atoms with Crippen molar-refractivity contribution in [1.82, 2.24) is 14.5 Å². The molecule has 2 fully saturated rings. The average molecular weight is 434 g/mol. The van der Waals surface area contributed by atoms with Gasteiger partial charge in [0.2, 0.25) is 5.91 Å². The lowest BCUT2D eigenvalue weighted by Crippen LogP contribution is -2.40. The molecule has 0 radical (unpaired) electrons. The quantitative estimate of drug-likeness (QED) is 0.383. The summed E-state index contributed by atoms with van der Waals surface area (Å²) in [4.78, 5) is 33.2. The molecule has 31 heavy (non-hydrogen) atoms. The van der Waals surface area contributed by atoms with Crippen molar-refractivity contribution in [2.24, 2.45) is 5.92 Å². The molecule has 3 aromatic rings. The monoisotopic (exact) mass is 433 g/mol. The van der Waals surface area contributed by atoms with Crippen LogP contribution < -0.4 is 5.56 Å².